The molecule has 0 aromatic rings. The number of hydrogen-bond donors (Lipinski definition) is 1. The van der Waals surface area contributed by atoms with Crippen molar-refractivity contribution in [3.05, 3.63) is 35.5 Å². The van der Waals surface area contributed by atoms with Crippen molar-refractivity contribution in [2.24, 2.45) is 92.7 Å². The van der Waals surface area contributed by atoms with Crippen molar-refractivity contribution in [1.82, 2.24) is 0 Å². The lowest BCUT2D eigenvalue weighted by molar-refractivity contribution is -0.151. The number of esters is 1. The van der Waals surface area contributed by atoms with Gasteiger partial charge >= 0.3 is 5.97 Å². The second kappa shape index (κ2) is 28.3. The van der Waals surface area contributed by atoms with Crippen LogP contribution in [0.15, 0.2) is 35.5 Å². The zero-order valence-corrected chi connectivity index (χ0v) is 51.8. The molecule has 434 valence electrons. The monoisotopic (exact) mass is 1050 g/mol. The topological polar surface area (TPSA) is 63.6 Å². The fourth-order valence-electron chi connectivity index (χ4n) is 19.7. The van der Waals surface area contributed by atoms with Gasteiger partial charge in [-0.15, -0.1) is 0 Å². The molecular formula is C72H122O4. The van der Waals surface area contributed by atoms with Gasteiger partial charge in [0.15, 0.2) is 5.78 Å². The molecule has 0 amide bonds. The fraction of sp³-hybridized carbons (Fsp3) is 0.889. The molecule has 6 fully saturated rings. The Morgan fingerprint density at radius 1 is 0.592 bits per heavy atom. The molecule has 0 aliphatic heterocycles. The van der Waals surface area contributed by atoms with Crippen LogP contribution in [0.5, 0.6) is 0 Å². The summed E-state index contributed by atoms with van der Waals surface area (Å²) < 4.78 is 6.12. The standard InChI is InChI=1S/C45H78O2.C27H44O2/c1-7-8-9-10-11-12-13-14-15-16-17-18-19-20-21-25-43(46)47-38-30-32-44(5)37(34-38)26-27-39-41-29-28-40(36(4)24-22-23-35(2)3)45(41,6)33-31-42(39)44;1-17(2)7-6-8-18(3)21-9-10-22-25-23(12-14-27(21,22)5)26(4)13-11-20(28)15-19(26)16-24(25)29/h14-15,26,35-36,38-42H,7-13,16-25,27-34H2,1-6H3;16-18,20-23,25,28H,6-15H2,1-5H3/b15-14-;/t36-,38+,39+,40-,41+,42+,44+,45-;18-,20+,21-,22+,23+,25+,26+,27-/m11/s1. The van der Waals surface area contributed by atoms with Crippen LogP contribution >= 0.6 is 0 Å². The third kappa shape index (κ3) is 14.7. The van der Waals surface area contributed by atoms with Gasteiger partial charge in [0.25, 0.3) is 0 Å². The Morgan fingerprint density at radius 2 is 1.13 bits per heavy atom. The largest absolute Gasteiger partial charge is 0.462 e. The summed E-state index contributed by atoms with van der Waals surface area (Å²) in [5, 5.41) is 10.2. The van der Waals surface area contributed by atoms with Gasteiger partial charge in [-0.2, -0.15) is 0 Å². The number of ketones is 1. The lowest BCUT2D eigenvalue weighted by atomic mass is 9.46. The Balaban J connectivity index is 0.000000247. The SMILES string of the molecule is CC(C)CCC[C@@H](C)[C@H]1CC[C@H]2[C@@H]3C(=O)C=C4C[C@@H](O)CC[C@]4(C)[C@H]3CC[C@]12C.CCCCCCCC/C=C\CCCCCCCC(=O)O[C@H]1CC[C@@]2(C)C(=CC[C@H]3[C@@H]4CC[C@H]([C@H](C)CCCC(C)C)[C@@]4(C)CC[C@@H]32)C1. The molecule has 8 aliphatic rings. The first-order chi connectivity index (χ1) is 36.3. The number of carbonyl (C=O) groups is 2. The molecule has 0 bridgehead atoms. The number of hydrogen-bond acceptors (Lipinski definition) is 4. The van der Waals surface area contributed by atoms with Gasteiger partial charge in [0.05, 0.1) is 6.10 Å². The number of fused-ring (bicyclic) bond motifs is 10. The lowest BCUT2D eigenvalue weighted by Crippen LogP contribution is -2.53. The molecule has 8 rings (SSSR count). The maximum atomic E-state index is 13.4. The summed E-state index contributed by atoms with van der Waals surface area (Å²) in [6.07, 6.45) is 53.1. The van der Waals surface area contributed by atoms with Crippen LogP contribution in [0.4, 0.5) is 0 Å². The number of unbranched alkanes of at least 4 members (excludes halogenated alkanes) is 11. The van der Waals surface area contributed by atoms with Crippen molar-refractivity contribution in [2.75, 3.05) is 0 Å². The van der Waals surface area contributed by atoms with Crippen molar-refractivity contribution < 1.29 is 19.4 Å². The Kier molecular flexibility index (Phi) is 23.1. The van der Waals surface area contributed by atoms with Crippen LogP contribution in [0, 0.1) is 92.7 Å². The van der Waals surface area contributed by atoms with Gasteiger partial charge in [0.2, 0.25) is 0 Å². The quantitative estimate of drug-likeness (QED) is 0.0533. The maximum Gasteiger partial charge on any atom is 0.306 e. The van der Waals surface area contributed by atoms with E-state index in [1.54, 1.807) is 5.57 Å². The van der Waals surface area contributed by atoms with E-state index in [1.807, 2.05) is 6.08 Å². The summed E-state index contributed by atoms with van der Waals surface area (Å²) in [5.41, 5.74) is 4.30. The Morgan fingerprint density at radius 3 is 1.75 bits per heavy atom. The summed E-state index contributed by atoms with van der Waals surface area (Å²) in [6, 6.07) is 0. The van der Waals surface area contributed by atoms with E-state index < -0.39 is 0 Å². The predicted molar refractivity (Wildman–Crippen MR) is 322 cm³/mol. The average molecular weight is 1050 g/mol. The molecule has 0 spiro atoms. The molecule has 0 aromatic carbocycles. The Hall–Kier alpha value is -1.68. The van der Waals surface area contributed by atoms with Crippen molar-refractivity contribution in [1.29, 1.82) is 0 Å². The predicted octanol–water partition coefficient (Wildman–Crippen LogP) is 20.5. The molecule has 16 atom stereocenters. The molecule has 4 nitrogen and oxygen atoms in total. The molecule has 1 N–H and O–H groups in total. The zero-order chi connectivity index (χ0) is 54.7. The molecule has 0 radical (unpaired) electrons. The van der Waals surface area contributed by atoms with E-state index in [1.165, 1.54) is 179 Å². The molecule has 0 heterocycles. The van der Waals surface area contributed by atoms with Gasteiger partial charge in [0.1, 0.15) is 6.10 Å². The highest BCUT2D eigenvalue weighted by atomic mass is 16.5. The van der Waals surface area contributed by atoms with Crippen molar-refractivity contribution in [3.63, 3.8) is 0 Å². The average Bonchev–Trinajstić information content (AvgIpc) is 3.96. The third-order valence-electron chi connectivity index (χ3n) is 24.3. The first-order valence-corrected chi connectivity index (χ1v) is 33.8. The van der Waals surface area contributed by atoms with Gasteiger partial charge in [-0.25, -0.2) is 0 Å². The summed E-state index contributed by atoms with van der Waals surface area (Å²) in [4.78, 5) is 26.2. The van der Waals surface area contributed by atoms with E-state index >= 15 is 0 Å². The van der Waals surface area contributed by atoms with Crippen LogP contribution in [0.1, 0.15) is 301 Å². The lowest BCUT2D eigenvalue weighted by Gasteiger charge is -2.58. The smallest absolute Gasteiger partial charge is 0.306 e. The van der Waals surface area contributed by atoms with Crippen LogP contribution < -0.4 is 0 Å². The highest BCUT2D eigenvalue weighted by molar-refractivity contribution is 5.94. The maximum absolute atomic E-state index is 13.4. The minimum Gasteiger partial charge on any atom is -0.462 e. The molecule has 6 saturated carbocycles. The normalized spacial score (nSPS) is 37.5. The van der Waals surface area contributed by atoms with Crippen LogP contribution in [0.3, 0.4) is 0 Å². The number of rotatable bonds is 26. The van der Waals surface area contributed by atoms with E-state index in [-0.39, 0.29) is 29.5 Å². The second-order valence-electron chi connectivity index (χ2n) is 30.1. The van der Waals surface area contributed by atoms with Crippen molar-refractivity contribution >= 4 is 11.8 Å². The Bertz CT molecular complexity index is 1910. The van der Waals surface area contributed by atoms with Gasteiger partial charge in [-0.1, -0.05) is 195 Å². The van der Waals surface area contributed by atoms with Gasteiger partial charge in [-0.3, -0.25) is 9.59 Å². The van der Waals surface area contributed by atoms with E-state index in [2.05, 4.69) is 94.4 Å². The van der Waals surface area contributed by atoms with E-state index in [4.69, 9.17) is 4.74 Å². The zero-order valence-electron chi connectivity index (χ0n) is 51.8. The van der Waals surface area contributed by atoms with Crippen LogP contribution in [0.25, 0.3) is 0 Å². The second-order valence-corrected chi connectivity index (χ2v) is 30.1. The molecule has 76 heavy (non-hydrogen) atoms. The molecule has 8 aliphatic carbocycles. The molecule has 0 aromatic heterocycles. The van der Waals surface area contributed by atoms with E-state index in [0.29, 0.717) is 40.3 Å². The first kappa shape index (κ1) is 61.9. The van der Waals surface area contributed by atoms with Gasteiger partial charge in [-0.05, 0) is 215 Å². The highest BCUT2D eigenvalue weighted by Crippen LogP contribution is 2.69. The molecule has 0 saturated heterocycles. The third-order valence-corrected chi connectivity index (χ3v) is 24.3. The summed E-state index contributed by atoms with van der Waals surface area (Å²) in [6.45, 7) is 27.1. The van der Waals surface area contributed by atoms with Crippen molar-refractivity contribution in [3.8, 4) is 0 Å². The fourth-order valence-corrected chi connectivity index (χ4v) is 19.7. The minimum atomic E-state index is -0.241. The molecular weight excluding hydrogens is 929 g/mol. The minimum absolute atomic E-state index is 0.0541. The summed E-state index contributed by atoms with van der Waals surface area (Å²) in [5.74, 6) is 9.43. The number of aliphatic hydroxyl groups is 1. The first-order valence-electron chi connectivity index (χ1n) is 33.8. The number of ether oxygens (including phenoxy) is 1. The Labute approximate surface area is 470 Å². The molecule has 0 unspecified atom stereocenters. The van der Waals surface area contributed by atoms with Crippen molar-refractivity contribution in [2.45, 2.75) is 313 Å². The van der Waals surface area contributed by atoms with Crippen LogP contribution in [-0.4, -0.2) is 29.1 Å². The van der Waals surface area contributed by atoms with Gasteiger partial charge < -0.3 is 9.84 Å². The number of carbonyl (C=O) groups excluding carboxylic acids is 2. The number of allylic oxidation sites excluding steroid dienone is 4. The van der Waals surface area contributed by atoms with E-state index in [0.717, 1.165) is 98.2 Å². The molecule has 4 heteroatoms. The number of aliphatic hydroxyl groups excluding tert-OH is 1. The summed E-state index contributed by atoms with van der Waals surface area (Å²) in [7, 11) is 0. The van der Waals surface area contributed by atoms with Crippen LogP contribution in [0.2, 0.25) is 0 Å². The van der Waals surface area contributed by atoms with Gasteiger partial charge in [0, 0.05) is 18.8 Å². The summed E-state index contributed by atoms with van der Waals surface area (Å²) >= 11 is 0. The van der Waals surface area contributed by atoms with E-state index in [9.17, 15) is 14.7 Å². The highest BCUT2D eigenvalue weighted by Gasteiger charge is 2.62. The van der Waals surface area contributed by atoms with Crippen LogP contribution in [-0.2, 0) is 14.3 Å².